The van der Waals surface area contributed by atoms with Crippen LogP contribution in [0.4, 0.5) is 5.69 Å². The van der Waals surface area contributed by atoms with Gasteiger partial charge in [-0.2, -0.15) is 5.10 Å². The number of hydrogen-bond donors (Lipinski definition) is 1. The van der Waals surface area contributed by atoms with Crippen molar-refractivity contribution >= 4 is 23.2 Å². The smallest absolute Gasteiger partial charge is 0.256 e. The number of carbonyl (C=O) groups excluding carboxylic acids is 1. The van der Waals surface area contributed by atoms with Gasteiger partial charge in [-0.15, -0.1) is 0 Å². The van der Waals surface area contributed by atoms with Crippen molar-refractivity contribution in [3.05, 3.63) is 82.1 Å². The van der Waals surface area contributed by atoms with E-state index in [-0.39, 0.29) is 5.91 Å². The standard InChI is InChI=1S/C23H27ClN4O/c1-17-21(22(24)28(26-17)16-19-8-5-4-6-9-19)23(29)25-15-7-10-18-11-13-20(14-12-18)27(2)3/h4-6,8-9,11-14H,7,10,15-16H2,1-3H3,(H,25,29). The molecule has 2 aromatic carbocycles. The van der Waals surface area contributed by atoms with Crippen LogP contribution in [-0.2, 0) is 13.0 Å². The maximum absolute atomic E-state index is 12.6. The Kier molecular flexibility index (Phi) is 6.94. The quantitative estimate of drug-likeness (QED) is 0.562. The summed E-state index contributed by atoms with van der Waals surface area (Å²) in [6.07, 6.45) is 1.77. The van der Waals surface area contributed by atoms with E-state index in [4.69, 9.17) is 11.6 Å². The zero-order valence-electron chi connectivity index (χ0n) is 17.2. The van der Waals surface area contributed by atoms with E-state index >= 15 is 0 Å². The van der Waals surface area contributed by atoms with E-state index in [0.29, 0.717) is 29.5 Å². The molecule has 0 saturated carbocycles. The molecule has 1 amide bonds. The summed E-state index contributed by atoms with van der Waals surface area (Å²) in [5, 5.41) is 7.80. The van der Waals surface area contributed by atoms with Gasteiger partial charge < -0.3 is 10.2 Å². The second-order valence-corrected chi connectivity index (χ2v) is 7.67. The van der Waals surface area contributed by atoms with Gasteiger partial charge in [0.05, 0.1) is 17.8 Å². The highest BCUT2D eigenvalue weighted by atomic mass is 35.5. The van der Waals surface area contributed by atoms with Crippen LogP contribution in [0.15, 0.2) is 54.6 Å². The lowest BCUT2D eigenvalue weighted by atomic mass is 10.1. The fourth-order valence-electron chi connectivity index (χ4n) is 3.22. The van der Waals surface area contributed by atoms with Gasteiger partial charge in [0, 0.05) is 26.3 Å². The summed E-state index contributed by atoms with van der Waals surface area (Å²) in [6.45, 7) is 2.94. The average Bonchev–Trinajstić information content (AvgIpc) is 2.99. The topological polar surface area (TPSA) is 50.2 Å². The second kappa shape index (κ2) is 9.61. The van der Waals surface area contributed by atoms with Gasteiger partial charge in [-0.1, -0.05) is 54.1 Å². The number of anilines is 1. The molecule has 152 valence electrons. The number of aromatic nitrogens is 2. The number of nitrogens with zero attached hydrogens (tertiary/aromatic N) is 3. The van der Waals surface area contributed by atoms with Crippen LogP contribution < -0.4 is 10.2 Å². The highest BCUT2D eigenvalue weighted by Gasteiger charge is 2.20. The van der Waals surface area contributed by atoms with Crippen LogP contribution in [0.3, 0.4) is 0 Å². The molecule has 0 aliphatic heterocycles. The molecule has 3 aromatic rings. The molecule has 1 N–H and O–H groups in total. The summed E-state index contributed by atoms with van der Waals surface area (Å²) in [5.74, 6) is -0.172. The van der Waals surface area contributed by atoms with Crippen molar-refractivity contribution in [2.45, 2.75) is 26.3 Å². The van der Waals surface area contributed by atoms with Gasteiger partial charge in [-0.3, -0.25) is 4.79 Å². The molecule has 0 aliphatic rings. The molecule has 0 fully saturated rings. The first-order valence-electron chi connectivity index (χ1n) is 9.77. The van der Waals surface area contributed by atoms with Gasteiger partial charge in [-0.25, -0.2) is 4.68 Å². The Bertz CT molecular complexity index is 949. The highest BCUT2D eigenvalue weighted by molar-refractivity contribution is 6.33. The fourth-order valence-corrected chi connectivity index (χ4v) is 3.54. The van der Waals surface area contributed by atoms with Crippen molar-refractivity contribution in [2.75, 3.05) is 25.5 Å². The molecule has 0 saturated heterocycles. The van der Waals surface area contributed by atoms with Crippen molar-refractivity contribution < 1.29 is 4.79 Å². The SMILES string of the molecule is Cc1nn(Cc2ccccc2)c(Cl)c1C(=O)NCCCc1ccc(N(C)C)cc1. The highest BCUT2D eigenvalue weighted by Crippen LogP contribution is 2.21. The zero-order chi connectivity index (χ0) is 20.8. The Morgan fingerprint density at radius 3 is 2.41 bits per heavy atom. The Balaban J connectivity index is 1.54. The third kappa shape index (κ3) is 5.39. The van der Waals surface area contributed by atoms with Gasteiger partial charge in [0.15, 0.2) is 0 Å². The number of hydrogen-bond acceptors (Lipinski definition) is 3. The molecule has 29 heavy (non-hydrogen) atoms. The van der Waals surface area contributed by atoms with Crippen molar-refractivity contribution in [1.29, 1.82) is 0 Å². The second-order valence-electron chi connectivity index (χ2n) is 7.31. The van der Waals surface area contributed by atoms with Crippen molar-refractivity contribution in [2.24, 2.45) is 0 Å². The third-order valence-corrected chi connectivity index (χ3v) is 5.23. The molecule has 3 rings (SSSR count). The molecule has 1 aromatic heterocycles. The van der Waals surface area contributed by atoms with Crippen molar-refractivity contribution in [3.63, 3.8) is 0 Å². The number of nitrogens with one attached hydrogen (secondary N) is 1. The maximum atomic E-state index is 12.6. The van der Waals surface area contributed by atoms with Crippen LogP contribution in [0.5, 0.6) is 0 Å². The van der Waals surface area contributed by atoms with E-state index in [2.05, 4.69) is 39.6 Å². The van der Waals surface area contributed by atoms with Crippen molar-refractivity contribution in [1.82, 2.24) is 15.1 Å². The number of halogens is 1. The summed E-state index contributed by atoms with van der Waals surface area (Å²) in [4.78, 5) is 14.7. The van der Waals surface area contributed by atoms with Crippen LogP contribution in [0.1, 0.15) is 33.6 Å². The number of aryl methyl sites for hydroxylation is 2. The van der Waals surface area contributed by atoms with Crippen LogP contribution in [0.25, 0.3) is 0 Å². The lowest BCUT2D eigenvalue weighted by Gasteiger charge is -2.12. The number of carbonyl (C=O) groups is 1. The predicted molar refractivity (Wildman–Crippen MR) is 119 cm³/mol. The van der Waals surface area contributed by atoms with Crippen LogP contribution in [-0.4, -0.2) is 36.3 Å². The van der Waals surface area contributed by atoms with E-state index in [9.17, 15) is 4.79 Å². The number of benzene rings is 2. The average molecular weight is 411 g/mol. The fraction of sp³-hybridized carbons (Fsp3) is 0.304. The third-order valence-electron chi connectivity index (χ3n) is 4.85. The normalized spacial score (nSPS) is 10.8. The lowest BCUT2D eigenvalue weighted by Crippen LogP contribution is -2.25. The van der Waals surface area contributed by atoms with Crippen LogP contribution in [0, 0.1) is 6.92 Å². The van der Waals surface area contributed by atoms with Crippen LogP contribution in [0.2, 0.25) is 5.15 Å². The van der Waals surface area contributed by atoms with E-state index < -0.39 is 0 Å². The predicted octanol–water partition coefficient (Wildman–Crippen LogP) is 4.32. The minimum absolute atomic E-state index is 0.172. The Morgan fingerprint density at radius 2 is 1.76 bits per heavy atom. The minimum Gasteiger partial charge on any atom is -0.378 e. The molecule has 0 unspecified atom stereocenters. The first kappa shape index (κ1) is 20.9. The minimum atomic E-state index is -0.172. The lowest BCUT2D eigenvalue weighted by molar-refractivity contribution is 0.0952. The molecule has 0 radical (unpaired) electrons. The summed E-state index contributed by atoms with van der Waals surface area (Å²) in [6, 6.07) is 18.4. The summed E-state index contributed by atoms with van der Waals surface area (Å²) in [7, 11) is 4.05. The molecule has 6 heteroatoms. The van der Waals surface area contributed by atoms with Crippen LogP contribution >= 0.6 is 11.6 Å². The first-order valence-corrected chi connectivity index (χ1v) is 10.1. The largest absolute Gasteiger partial charge is 0.378 e. The molecule has 0 spiro atoms. The Labute approximate surface area is 177 Å². The zero-order valence-corrected chi connectivity index (χ0v) is 17.9. The van der Waals surface area contributed by atoms with Crippen molar-refractivity contribution in [3.8, 4) is 0 Å². The van der Waals surface area contributed by atoms with E-state index in [1.807, 2.05) is 51.4 Å². The molecule has 0 bridgehead atoms. The van der Waals surface area contributed by atoms with Gasteiger partial charge in [0.2, 0.25) is 0 Å². The van der Waals surface area contributed by atoms with Gasteiger partial charge in [0.25, 0.3) is 5.91 Å². The van der Waals surface area contributed by atoms with Gasteiger partial charge in [-0.05, 0) is 43.0 Å². The number of rotatable bonds is 8. The maximum Gasteiger partial charge on any atom is 0.256 e. The summed E-state index contributed by atoms with van der Waals surface area (Å²) >= 11 is 6.46. The van der Waals surface area contributed by atoms with E-state index in [1.165, 1.54) is 11.3 Å². The first-order chi connectivity index (χ1) is 14.0. The molecule has 0 aliphatic carbocycles. The summed E-state index contributed by atoms with van der Waals surface area (Å²) < 4.78 is 1.67. The summed E-state index contributed by atoms with van der Waals surface area (Å²) in [5.41, 5.74) is 4.62. The Hall–Kier alpha value is -2.79. The number of amides is 1. The Morgan fingerprint density at radius 1 is 1.07 bits per heavy atom. The van der Waals surface area contributed by atoms with E-state index in [1.54, 1.807) is 4.68 Å². The molecule has 0 atom stereocenters. The van der Waals surface area contributed by atoms with E-state index in [0.717, 1.165) is 18.4 Å². The molecular weight excluding hydrogens is 384 g/mol. The molecule has 5 nitrogen and oxygen atoms in total. The van der Waals surface area contributed by atoms with Gasteiger partial charge in [0.1, 0.15) is 5.15 Å². The molecule has 1 heterocycles. The van der Waals surface area contributed by atoms with Gasteiger partial charge >= 0.3 is 0 Å². The molecular formula is C23H27ClN4O. The monoisotopic (exact) mass is 410 g/mol.